The Morgan fingerprint density at radius 1 is 0.688 bits per heavy atom. The fourth-order valence-electron chi connectivity index (χ4n) is 0.663. The van der Waals surface area contributed by atoms with Crippen molar-refractivity contribution in [2.45, 2.75) is 62.3 Å². The molecule has 1 aromatic carbocycles. The highest BCUT2D eigenvalue weighted by Gasteiger charge is 1.83. The molecule has 0 aliphatic carbocycles. The average molecular weight is 224 g/mol. The van der Waals surface area contributed by atoms with E-state index in [1.807, 2.05) is 27.7 Å². The second-order valence-corrected chi connectivity index (χ2v) is 3.82. The van der Waals surface area contributed by atoms with Crippen molar-refractivity contribution in [3.63, 3.8) is 0 Å². The summed E-state index contributed by atoms with van der Waals surface area (Å²) in [4.78, 5) is 0. The Hall–Kier alpha value is -0.780. The Labute approximate surface area is 104 Å². The SMILES string of the molecule is CC.CC.CC(C)C.Cc1ccccc1C. The van der Waals surface area contributed by atoms with Gasteiger partial charge in [-0.1, -0.05) is 72.7 Å². The summed E-state index contributed by atoms with van der Waals surface area (Å²) in [6.07, 6.45) is 0. The van der Waals surface area contributed by atoms with E-state index in [-0.39, 0.29) is 0 Å². The molecule has 0 spiro atoms. The van der Waals surface area contributed by atoms with Crippen molar-refractivity contribution < 1.29 is 0 Å². The van der Waals surface area contributed by atoms with Gasteiger partial charge in [-0.05, 0) is 30.9 Å². The lowest BCUT2D eigenvalue weighted by molar-refractivity contribution is 0.737. The van der Waals surface area contributed by atoms with Gasteiger partial charge >= 0.3 is 0 Å². The van der Waals surface area contributed by atoms with Gasteiger partial charge in [-0.25, -0.2) is 0 Å². The van der Waals surface area contributed by atoms with E-state index in [0.717, 1.165) is 5.92 Å². The molecule has 0 aromatic heterocycles. The van der Waals surface area contributed by atoms with Gasteiger partial charge in [0.05, 0.1) is 0 Å². The number of benzene rings is 1. The van der Waals surface area contributed by atoms with Crippen LogP contribution in [0.2, 0.25) is 0 Å². The predicted molar refractivity (Wildman–Crippen MR) is 79.1 cm³/mol. The largest absolute Gasteiger partial charge is 0.0683 e. The summed E-state index contributed by atoms with van der Waals surface area (Å²) in [6.45, 7) is 18.7. The first-order valence-electron chi connectivity index (χ1n) is 6.56. The Bertz CT molecular complexity index is 187. The molecule has 0 heterocycles. The molecule has 0 aliphatic rings. The topological polar surface area (TPSA) is 0 Å². The first-order chi connectivity index (χ1) is 7.54. The number of hydrogen-bond acceptors (Lipinski definition) is 0. The van der Waals surface area contributed by atoms with Gasteiger partial charge in [0.25, 0.3) is 0 Å². The fourth-order valence-corrected chi connectivity index (χ4v) is 0.663. The standard InChI is InChI=1S/C8H10.C4H10.2C2H6/c1-7-5-3-4-6-8(7)2;1-4(2)3;2*1-2/h3-6H,1-2H3;4H,1-3H3;2*1-2H3. The molecule has 0 fully saturated rings. The normalized spacial score (nSPS) is 7.62. The molecule has 0 nitrogen and oxygen atoms in total. The number of aryl methyl sites for hydroxylation is 2. The van der Waals surface area contributed by atoms with Crippen LogP contribution in [-0.2, 0) is 0 Å². The fraction of sp³-hybridized carbons (Fsp3) is 0.625. The monoisotopic (exact) mass is 224 g/mol. The van der Waals surface area contributed by atoms with Crippen LogP contribution in [0.5, 0.6) is 0 Å². The Balaban J connectivity index is -0.000000181. The maximum Gasteiger partial charge on any atom is -0.0395 e. The number of hydrogen-bond donors (Lipinski definition) is 0. The van der Waals surface area contributed by atoms with Gasteiger partial charge in [-0.15, -0.1) is 0 Å². The molecule has 1 aromatic rings. The molecule has 0 saturated heterocycles. The second kappa shape index (κ2) is 16.6. The van der Waals surface area contributed by atoms with Gasteiger partial charge in [-0.2, -0.15) is 0 Å². The first-order valence-corrected chi connectivity index (χ1v) is 6.56. The van der Waals surface area contributed by atoms with E-state index in [9.17, 15) is 0 Å². The van der Waals surface area contributed by atoms with Gasteiger partial charge in [0.1, 0.15) is 0 Å². The summed E-state index contributed by atoms with van der Waals surface area (Å²) < 4.78 is 0. The van der Waals surface area contributed by atoms with Gasteiger partial charge in [0.2, 0.25) is 0 Å². The lowest BCUT2D eigenvalue weighted by Crippen LogP contribution is -1.74. The van der Waals surface area contributed by atoms with Gasteiger partial charge < -0.3 is 0 Å². The van der Waals surface area contributed by atoms with Crippen LogP contribution in [0.15, 0.2) is 24.3 Å². The third kappa shape index (κ3) is 18.9. The molecule has 0 saturated carbocycles. The molecule has 0 N–H and O–H groups in total. The summed E-state index contributed by atoms with van der Waals surface area (Å²) in [5.41, 5.74) is 2.74. The van der Waals surface area contributed by atoms with E-state index >= 15 is 0 Å². The lowest BCUT2D eigenvalue weighted by Gasteiger charge is -1.93. The summed E-state index contributed by atoms with van der Waals surface area (Å²) in [7, 11) is 0. The molecule has 0 radical (unpaired) electrons. The van der Waals surface area contributed by atoms with E-state index in [0.29, 0.717) is 0 Å². The summed E-state index contributed by atoms with van der Waals surface area (Å²) in [5, 5.41) is 0. The zero-order valence-corrected chi connectivity index (χ0v) is 12.9. The second-order valence-electron chi connectivity index (χ2n) is 3.82. The maximum absolute atomic E-state index is 2.17. The highest BCUT2D eigenvalue weighted by molar-refractivity contribution is 5.23. The van der Waals surface area contributed by atoms with Crippen LogP contribution in [0.4, 0.5) is 0 Å². The van der Waals surface area contributed by atoms with Crippen molar-refractivity contribution in [1.82, 2.24) is 0 Å². The van der Waals surface area contributed by atoms with Crippen molar-refractivity contribution >= 4 is 0 Å². The zero-order valence-electron chi connectivity index (χ0n) is 12.9. The molecule has 0 atom stereocenters. The smallest absolute Gasteiger partial charge is 0.0395 e. The van der Waals surface area contributed by atoms with E-state index in [1.54, 1.807) is 0 Å². The van der Waals surface area contributed by atoms with Gasteiger partial charge in [0.15, 0.2) is 0 Å². The molecular formula is C16H32. The molecule has 0 heteroatoms. The Kier molecular flexibility index (Phi) is 21.4. The summed E-state index contributed by atoms with van der Waals surface area (Å²) >= 11 is 0. The molecule has 0 unspecified atom stereocenters. The minimum atomic E-state index is 0.833. The van der Waals surface area contributed by atoms with E-state index in [2.05, 4.69) is 58.9 Å². The summed E-state index contributed by atoms with van der Waals surface area (Å²) in [5.74, 6) is 0.833. The van der Waals surface area contributed by atoms with E-state index in [4.69, 9.17) is 0 Å². The van der Waals surface area contributed by atoms with Crippen LogP contribution < -0.4 is 0 Å². The Morgan fingerprint density at radius 2 is 0.875 bits per heavy atom. The first kappa shape index (κ1) is 20.6. The van der Waals surface area contributed by atoms with Crippen LogP contribution in [0, 0.1) is 19.8 Å². The molecule has 96 valence electrons. The van der Waals surface area contributed by atoms with Gasteiger partial charge in [0, 0.05) is 0 Å². The van der Waals surface area contributed by atoms with Crippen molar-refractivity contribution in [3.8, 4) is 0 Å². The van der Waals surface area contributed by atoms with Crippen LogP contribution >= 0.6 is 0 Å². The Morgan fingerprint density at radius 3 is 1.00 bits per heavy atom. The van der Waals surface area contributed by atoms with Crippen molar-refractivity contribution in [3.05, 3.63) is 35.4 Å². The average Bonchev–Trinajstić information content (AvgIpc) is 2.27. The predicted octanol–water partition coefficient (Wildman–Crippen LogP) is 6.02. The van der Waals surface area contributed by atoms with Crippen molar-refractivity contribution in [1.29, 1.82) is 0 Å². The minimum Gasteiger partial charge on any atom is -0.0683 e. The highest BCUT2D eigenvalue weighted by Crippen LogP contribution is 2.02. The molecular weight excluding hydrogens is 192 g/mol. The van der Waals surface area contributed by atoms with Gasteiger partial charge in [-0.3, -0.25) is 0 Å². The molecule has 0 amide bonds. The quantitative estimate of drug-likeness (QED) is 0.505. The zero-order chi connectivity index (χ0) is 13.6. The minimum absolute atomic E-state index is 0.833. The van der Waals surface area contributed by atoms with Crippen LogP contribution in [-0.4, -0.2) is 0 Å². The van der Waals surface area contributed by atoms with Crippen LogP contribution in [0.1, 0.15) is 59.6 Å². The third-order valence-electron chi connectivity index (χ3n) is 1.43. The van der Waals surface area contributed by atoms with Crippen molar-refractivity contribution in [2.75, 3.05) is 0 Å². The molecule has 0 aliphatic heterocycles. The maximum atomic E-state index is 2.17. The third-order valence-corrected chi connectivity index (χ3v) is 1.43. The van der Waals surface area contributed by atoms with E-state index in [1.165, 1.54) is 11.1 Å². The van der Waals surface area contributed by atoms with Crippen LogP contribution in [0.3, 0.4) is 0 Å². The summed E-state index contributed by atoms with van der Waals surface area (Å²) in [6, 6.07) is 8.36. The highest BCUT2D eigenvalue weighted by atomic mass is 13.9. The van der Waals surface area contributed by atoms with Crippen molar-refractivity contribution in [2.24, 2.45) is 5.92 Å². The molecule has 1 rings (SSSR count). The lowest BCUT2D eigenvalue weighted by atomic mass is 10.1. The molecule has 0 bridgehead atoms. The number of rotatable bonds is 0. The molecule has 16 heavy (non-hydrogen) atoms. The van der Waals surface area contributed by atoms with Crippen LogP contribution in [0.25, 0.3) is 0 Å². The van der Waals surface area contributed by atoms with E-state index < -0.39 is 0 Å².